The van der Waals surface area contributed by atoms with Crippen LogP contribution in [0.4, 0.5) is 35.3 Å². The van der Waals surface area contributed by atoms with Gasteiger partial charge in [0.05, 0.1) is 34.7 Å². The molecule has 11 nitrogen and oxygen atoms in total. The lowest BCUT2D eigenvalue weighted by Gasteiger charge is -2.35. The molecule has 41 heavy (non-hydrogen) atoms. The van der Waals surface area contributed by atoms with Crippen molar-refractivity contribution in [1.29, 1.82) is 0 Å². The zero-order chi connectivity index (χ0) is 29.6. The number of hydrogen-bond donors (Lipinski definition) is 1. The van der Waals surface area contributed by atoms with Gasteiger partial charge in [-0.3, -0.25) is 15.2 Å². The van der Waals surface area contributed by atoms with E-state index >= 15 is 0 Å². The first kappa shape index (κ1) is 29.0. The highest BCUT2D eigenvalue weighted by Gasteiger charge is 2.52. The van der Waals surface area contributed by atoms with Crippen molar-refractivity contribution in [2.45, 2.75) is 57.5 Å². The van der Waals surface area contributed by atoms with E-state index in [9.17, 15) is 18.0 Å². The highest BCUT2D eigenvalue weighted by Crippen LogP contribution is 2.40. The summed E-state index contributed by atoms with van der Waals surface area (Å²) in [5, 5.41) is 3.14. The molecule has 3 aromatic heterocycles. The Bertz CT molecular complexity index is 1420. The fourth-order valence-corrected chi connectivity index (χ4v) is 4.73. The molecule has 0 spiro atoms. The molecule has 1 atom stereocenters. The second kappa shape index (κ2) is 10.7. The summed E-state index contributed by atoms with van der Waals surface area (Å²) in [7, 11) is -0.922. The molecule has 2 saturated heterocycles. The van der Waals surface area contributed by atoms with Gasteiger partial charge < -0.3 is 14.2 Å². The Kier molecular flexibility index (Phi) is 7.55. The van der Waals surface area contributed by atoms with E-state index in [1.54, 1.807) is 17.2 Å². The van der Waals surface area contributed by atoms with Crippen molar-refractivity contribution in [2.75, 3.05) is 28.2 Å². The van der Waals surface area contributed by atoms with E-state index in [-0.39, 0.29) is 17.7 Å². The van der Waals surface area contributed by atoms with Crippen LogP contribution in [-0.2, 0) is 15.5 Å². The molecule has 3 aliphatic heterocycles. The molecular formula is C25H27BClF3N8O3. The number of alkyl halides is 3. The summed E-state index contributed by atoms with van der Waals surface area (Å²) < 4.78 is 48.9. The summed E-state index contributed by atoms with van der Waals surface area (Å²) in [6.45, 7) is 9.00. The fraction of sp³-hybridized carbons (Fsp3) is 0.440. The maximum Gasteiger partial charge on any atom is 0.514 e. The number of hydrogen-bond acceptors (Lipinski definition) is 9. The summed E-state index contributed by atoms with van der Waals surface area (Å²) in [6.07, 6.45) is 1.97. The van der Waals surface area contributed by atoms with Crippen LogP contribution >= 0.6 is 11.6 Å². The van der Waals surface area contributed by atoms with Crippen LogP contribution in [0, 0.1) is 0 Å². The third-order valence-electron chi connectivity index (χ3n) is 7.36. The minimum absolute atomic E-state index is 0.0703. The number of anilines is 3. The molecule has 2 amide bonds. The van der Waals surface area contributed by atoms with E-state index in [1.165, 1.54) is 18.5 Å². The fourth-order valence-electron chi connectivity index (χ4n) is 4.59. The average Bonchev–Trinajstić information content (AvgIpc) is 3.42. The Labute approximate surface area is 239 Å². The van der Waals surface area contributed by atoms with E-state index in [0.29, 0.717) is 16.8 Å². The Morgan fingerprint density at radius 2 is 1.80 bits per heavy atom. The third kappa shape index (κ3) is 5.92. The van der Waals surface area contributed by atoms with Gasteiger partial charge in [0.25, 0.3) is 0 Å². The maximum absolute atomic E-state index is 12.7. The third-order valence-corrected chi connectivity index (χ3v) is 7.57. The Hall–Kier alpha value is -3.56. The number of fused-ring (bicyclic) bond motifs is 4. The average molecular weight is 591 g/mol. The van der Waals surface area contributed by atoms with Crippen molar-refractivity contribution in [3.05, 3.63) is 54.0 Å². The van der Waals surface area contributed by atoms with Crippen LogP contribution in [0.1, 0.15) is 39.9 Å². The van der Waals surface area contributed by atoms with Crippen molar-refractivity contribution in [2.24, 2.45) is 0 Å². The normalized spacial score (nSPS) is 20.3. The van der Waals surface area contributed by atoms with Crippen molar-refractivity contribution in [3.63, 3.8) is 0 Å². The van der Waals surface area contributed by atoms with Crippen LogP contribution in [-0.4, -0.2) is 68.4 Å². The number of halogens is 4. The highest BCUT2D eigenvalue weighted by molar-refractivity contribution is 6.61. The summed E-state index contributed by atoms with van der Waals surface area (Å²) in [5.74, 6) is -0.182. The van der Waals surface area contributed by atoms with E-state index < -0.39 is 30.3 Å². The number of urea groups is 1. The van der Waals surface area contributed by atoms with E-state index in [4.69, 9.17) is 20.9 Å². The quantitative estimate of drug-likeness (QED) is 0.350. The zero-order valence-electron chi connectivity index (χ0n) is 22.7. The van der Waals surface area contributed by atoms with Gasteiger partial charge in [-0.15, -0.1) is 0 Å². The smallest absolute Gasteiger partial charge is 0.398 e. The molecule has 0 radical (unpaired) electrons. The number of nitrogens with zero attached hydrogens (tertiary/aromatic N) is 7. The second-order valence-corrected chi connectivity index (χ2v) is 11.0. The molecule has 0 saturated carbocycles. The van der Waals surface area contributed by atoms with E-state index in [2.05, 4.69) is 35.1 Å². The minimum Gasteiger partial charge on any atom is -0.398 e. The summed E-state index contributed by atoms with van der Waals surface area (Å²) in [5.41, 5.74) is -0.240. The van der Waals surface area contributed by atoms with Gasteiger partial charge in [0.2, 0.25) is 5.82 Å². The van der Waals surface area contributed by atoms with Crippen molar-refractivity contribution >= 4 is 47.7 Å². The zero-order valence-corrected chi connectivity index (χ0v) is 23.4. The Morgan fingerprint density at radius 1 is 1.07 bits per heavy atom. The number of aromatic nitrogens is 5. The molecule has 3 aliphatic rings. The molecule has 2 fully saturated rings. The van der Waals surface area contributed by atoms with Gasteiger partial charge in [0.1, 0.15) is 5.15 Å². The highest BCUT2D eigenvalue weighted by atomic mass is 35.5. The first-order valence-corrected chi connectivity index (χ1v) is 13.2. The summed E-state index contributed by atoms with van der Waals surface area (Å²) in [4.78, 5) is 35.6. The molecule has 0 aliphatic carbocycles. The number of rotatable bonds is 2. The van der Waals surface area contributed by atoms with Gasteiger partial charge in [-0.05, 0) is 52.3 Å². The van der Waals surface area contributed by atoms with Crippen LogP contribution < -0.4 is 20.7 Å². The lowest BCUT2D eigenvalue weighted by molar-refractivity contribution is -0.144. The van der Waals surface area contributed by atoms with Crippen LogP contribution in [0.15, 0.2) is 43.0 Å². The molecular weight excluding hydrogens is 564 g/mol. The van der Waals surface area contributed by atoms with Crippen LogP contribution in [0.25, 0.3) is 0 Å². The monoisotopic (exact) mass is 590 g/mol. The lowest BCUT2D eigenvalue weighted by atomic mass is 9.84. The van der Waals surface area contributed by atoms with Crippen molar-refractivity contribution in [3.8, 4) is 0 Å². The first-order chi connectivity index (χ1) is 19.2. The first-order valence-electron chi connectivity index (χ1n) is 12.8. The minimum atomic E-state index is -4.58. The molecule has 6 rings (SSSR count). The van der Waals surface area contributed by atoms with Gasteiger partial charge in [-0.2, -0.15) is 13.2 Å². The van der Waals surface area contributed by atoms with Crippen LogP contribution in [0.2, 0.25) is 5.15 Å². The number of amides is 2. The maximum atomic E-state index is 12.7. The molecule has 1 N–H and O–H groups in total. The van der Waals surface area contributed by atoms with E-state index in [1.807, 2.05) is 33.8 Å². The molecule has 2 bridgehead atoms. The van der Waals surface area contributed by atoms with Crippen LogP contribution in [0.5, 0.6) is 0 Å². The standard InChI is InChI=1S/C14H13ClN6O.C11H14BF3N2O2/c15-11-2-1-10-13(18-11)21(9-3-6-20(10)8-9)14(22)19-12-7-16-4-5-17-12;1-9(2)10(3,4)19-12(18-9)7-5-6-16-8(17-7)11(13,14)15/h1-2,4-5,7,9H,3,6,8H2,(H,17,19,22);5-6H,1-4H3. The topological polar surface area (TPSA) is 118 Å². The summed E-state index contributed by atoms with van der Waals surface area (Å²) >= 11 is 6.01. The Balaban J connectivity index is 0.000000167. The van der Waals surface area contributed by atoms with E-state index in [0.717, 1.165) is 31.4 Å². The number of carbonyl (C=O) groups is 1. The number of pyridine rings is 1. The molecule has 16 heteroatoms. The molecule has 1 unspecified atom stereocenters. The van der Waals surface area contributed by atoms with Gasteiger partial charge in [0, 0.05) is 31.7 Å². The van der Waals surface area contributed by atoms with Gasteiger partial charge in [0.15, 0.2) is 11.6 Å². The molecule has 3 aromatic rings. The predicted octanol–water partition coefficient (Wildman–Crippen LogP) is 3.95. The van der Waals surface area contributed by atoms with Gasteiger partial charge >= 0.3 is 19.3 Å². The van der Waals surface area contributed by atoms with Crippen molar-refractivity contribution in [1.82, 2.24) is 24.9 Å². The molecule has 0 aromatic carbocycles. The van der Waals surface area contributed by atoms with Crippen molar-refractivity contribution < 1.29 is 27.3 Å². The second-order valence-electron chi connectivity index (χ2n) is 10.6. The predicted molar refractivity (Wildman–Crippen MR) is 146 cm³/mol. The number of nitrogens with one attached hydrogen (secondary N) is 1. The largest absolute Gasteiger partial charge is 0.514 e. The molecule has 216 valence electrons. The van der Waals surface area contributed by atoms with Crippen LogP contribution in [0.3, 0.4) is 0 Å². The summed E-state index contributed by atoms with van der Waals surface area (Å²) in [6, 6.07) is 4.85. The Morgan fingerprint density at radius 3 is 2.46 bits per heavy atom. The SMILES string of the molecule is CC1(C)OB(c2ccnc(C(F)(F)F)n2)OC1(C)C.O=C(Nc1cnccn1)N1c2nc(Cl)ccc2N2CCC1C2. The number of carbonyl (C=O) groups excluding carboxylic acids is 1. The lowest BCUT2D eigenvalue weighted by Crippen LogP contribution is -2.48. The molecule has 6 heterocycles. The van der Waals surface area contributed by atoms with Gasteiger partial charge in [-0.1, -0.05) is 11.6 Å². The van der Waals surface area contributed by atoms with Gasteiger partial charge in [-0.25, -0.2) is 24.7 Å².